The monoisotopic (exact) mass is 374 g/mol. The molecule has 0 radical (unpaired) electrons. The standard InChI is InChI=1S/C13H14N2O11/c1-22-11-3-2-9(12(16)23-4-6-25-14(18)19)8-10(11)13(17)24-5-7-26-15(20)21/h2-3,8H,4-7H2,1H3. The first kappa shape index (κ1) is 20.4. The van der Waals surface area contributed by atoms with Crippen molar-refractivity contribution in [1.29, 1.82) is 0 Å². The second-order valence-corrected chi connectivity index (χ2v) is 4.30. The molecule has 13 nitrogen and oxygen atoms in total. The SMILES string of the molecule is COc1ccc(C(=O)OCCO[N+](=O)[O-])cc1C(=O)OCCO[N+](=O)[O-]. The van der Waals surface area contributed by atoms with Crippen LogP contribution in [0.3, 0.4) is 0 Å². The van der Waals surface area contributed by atoms with E-state index < -0.39 is 41.9 Å². The van der Waals surface area contributed by atoms with Crippen LogP contribution in [-0.4, -0.2) is 55.6 Å². The van der Waals surface area contributed by atoms with E-state index in [9.17, 15) is 29.8 Å². The van der Waals surface area contributed by atoms with Gasteiger partial charge in [-0.2, -0.15) is 0 Å². The molecule has 1 rings (SSSR count). The van der Waals surface area contributed by atoms with E-state index in [0.29, 0.717) is 0 Å². The zero-order valence-corrected chi connectivity index (χ0v) is 13.4. The third-order valence-electron chi connectivity index (χ3n) is 2.68. The van der Waals surface area contributed by atoms with Gasteiger partial charge in [0.25, 0.3) is 10.2 Å². The van der Waals surface area contributed by atoms with Gasteiger partial charge in [0.15, 0.2) is 0 Å². The fraction of sp³-hybridized carbons (Fsp3) is 0.385. The number of hydrogen-bond acceptors (Lipinski definition) is 11. The first-order chi connectivity index (χ1) is 12.3. The molecule has 0 heterocycles. The van der Waals surface area contributed by atoms with Crippen molar-refractivity contribution in [2.45, 2.75) is 0 Å². The Morgan fingerprint density at radius 2 is 1.46 bits per heavy atom. The Morgan fingerprint density at radius 3 is 1.96 bits per heavy atom. The van der Waals surface area contributed by atoms with Crippen molar-refractivity contribution in [3.8, 4) is 5.75 Å². The number of methoxy groups -OCH3 is 1. The molecule has 0 N–H and O–H groups in total. The van der Waals surface area contributed by atoms with Crippen molar-refractivity contribution in [3.63, 3.8) is 0 Å². The molecule has 0 fully saturated rings. The van der Waals surface area contributed by atoms with E-state index in [1.54, 1.807) is 0 Å². The molecular formula is C13H14N2O11. The highest BCUT2D eigenvalue weighted by molar-refractivity contribution is 5.97. The number of esters is 2. The Hall–Kier alpha value is -3.64. The lowest BCUT2D eigenvalue weighted by Crippen LogP contribution is -2.16. The van der Waals surface area contributed by atoms with Crippen molar-refractivity contribution in [2.24, 2.45) is 0 Å². The summed E-state index contributed by atoms with van der Waals surface area (Å²) in [7, 11) is 1.29. The van der Waals surface area contributed by atoms with E-state index in [4.69, 9.17) is 14.2 Å². The van der Waals surface area contributed by atoms with Gasteiger partial charge in [-0.15, -0.1) is 20.2 Å². The number of ether oxygens (including phenoxy) is 3. The Balaban J connectivity index is 2.71. The van der Waals surface area contributed by atoms with Gasteiger partial charge in [-0.3, -0.25) is 0 Å². The van der Waals surface area contributed by atoms with Crippen LogP contribution in [-0.2, 0) is 19.1 Å². The molecule has 0 aliphatic carbocycles. The van der Waals surface area contributed by atoms with Crippen LogP contribution in [0.2, 0.25) is 0 Å². The summed E-state index contributed by atoms with van der Waals surface area (Å²) in [6, 6.07) is 3.75. The Kier molecular flexibility index (Phi) is 8.06. The lowest BCUT2D eigenvalue weighted by atomic mass is 10.1. The maximum Gasteiger partial charge on any atom is 0.342 e. The predicted octanol–water partition coefficient (Wildman–Crippen LogP) is 0.425. The molecule has 0 bridgehead atoms. The molecule has 13 heteroatoms. The first-order valence-electron chi connectivity index (χ1n) is 6.92. The lowest BCUT2D eigenvalue weighted by Gasteiger charge is -2.10. The maximum absolute atomic E-state index is 12.0. The zero-order chi connectivity index (χ0) is 19.5. The van der Waals surface area contributed by atoms with Crippen molar-refractivity contribution in [3.05, 3.63) is 49.6 Å². The van der Waals surface area contributed by atoms with Crippen LogP contribution in [0.15, 0.2) is 18.2 Å². The molecule has 0 saturated heterocycles. The van der Waals surface area contributed by atoms with Crippen molar-refractivity contribution in [2.75, 3.05) is 33.5 Å². The molecular weight excluding hydrogens is 360 g/mol. The Bertz CT molecular complexity index is 676. The molecule has 0 atom stereocenters. The zero-order valence-electron chi connectivity index (χ0n) is 13.4. The number of nitrogens with zero attached hydrogens (tertiary/aromatic N) is 2. The van der Waals surface area contributed by atoms with Gasteiger partial charge in [-0.1, -0.05) is 0 Å². The van der Waals surface area contributed by atoms with Gasteiger partial charge in [-0.05, 0) is 18.2 Å². The number of carbonyl (C=O) groups is 2. The molecule has 0 aliphatic heterocycles. The van der Waals surface area contributed by atoms with Crippen molar-refractivity contribution >= 4 is 11.9 Å². The van der Waals surface area contributed by atoms with E-state index in [1.807, 2.05) is 0 Å². The maximum atomic E-state index is 12.0. The van der Waals surface area contributed by atoms with Gasteiger partial charge >= 0.3 is 11.9 Å². The molecule has 0 amide bonds. The van der Waals surface area contributed by atoms with E-state index in [1.165, 1.54) is 19.2 Å². The largest absolute Gasteiger partial charge is 0.496 e. The lowest BCUT2D eigenvalue weighted by molar-refractivity contribution is -0.757. The van der Waals surface area contributed by atoms with E-state index in [-0.39, 0.29) is 23.5 Å². The van der Waals surface area contributed by atoms with Crippen molar-refractivity contribution in [1.82, 2.24) is 0 Å². The van der Waals surface area contributed by atoms with E-state index in [2.05, 4.69) is 9.68 Å². The molecule has 142 valence electrons. The summed E-state index contributed by atoms with van der Waals surface area (Å²) in [6.07, 6.45) is 0. The summed E-state index contributed by atoms with van der Waals surface area (Å²) < 4.78 is 14.5. The van der Waals surface area contributed by atoms with Crippen LogP contribution in [0, 0.1) is 20.2 Å². The molecule has 0 saturated carbocycles. The predicted molar refractivity (Wildman–Crippen MR) is 79.5 cm³/mol. The summed E-state index contributed by atoms with van der Waals surface area (Å²) >= 11 is 0. The molecule has 0 spiro atoms. The fourth-order valence-electron chi connectivity index (χ4n) is 1.65. The molecule has 1 aromatic carbocycles. The summed E-state index contributed by atoms with van der Waals surface area (Å²) in [6.45, 7) is -1.67. The molecule has 1 aromatic rings. The minimum atomic E-state index is -1.03. The smallest absolute Gasteiger partial charge is 0.342 e. The van der Waals surface area contributed by atoms with Gasteiger partial charge in [0.1, 0.15) is 37.7 Å². The molecule has 0 aliphatic rings. The van der Waals surface area contributed by atoms with Crippen LogP contribution < -0.4 is 4.74 Å². The van der Waals surface area contributed by atoms with E-state index >= 15 is 0 Å². The minimum Gasteiger partial charge on any atom is -0.496 e. The van der Waals surface area contributed by atoms with Crippen LogP contribution in [0.25, 0.3) is 0 Å². The number of rotatable bonds is 11. The molecule has 0 aromatic heterocycles. The number of benzene rings is 1. The molecule has 0 unspecified atom stereocenters. The van der Waals surface area contributed by atoms with Crippen LogP contribution in [0.5, 0.6) is 5.75 Å². The number of carbonyl (C=O) groups excluding carboxylic acids is 2. The summed E-state index contributed by atoms with van der Waals surface area (Å²) in [4.78, 5) is 51.8. The highest BCUT2D eigenvalue weighted by Crippen LogP contribution is 2.21. The quantitative estimate of drug-likeness (QED) is 0.228. The second kappa shape index (κ2) is 10.3. The minimum absolute atomic E-state index is 0.0413. The summed E-state index contributed by atoms with van der Waals surface area (Å²) in [5.74, 6) is -1.66. The van der Waals surface area contributed by atoms with Crippen LogP contribution in [0.1, 0.15) is 20.7 Å². The van der Waals surface area contributed by atoms with Crippen molar-refractivity contribution < 1.29 is 43.6 Å². The number of hydrogen-bond donors (Lipinski definition) is 0. The normalized spacial score (nSPS) is 9.73. The highest BCUT2D eigenvalue weighted by atomic mass is 17.0. The van der Waals surface area contributed by atoms with Crippen LogP contribution in [0.4, 0.5) is 0 Å². The average molecular weight is 374 g/mol. The summed E-state index contributed by atoms with van der Waals surface area (Å²) in [5.41, 5.74) is -0.162. The third kappa shape index (κ3) is 6.86. The fourth-order valence-corrected chi connectivity index (χ4v) is 1.65. The Labute approximate surface area is 145 Å². The average Bonchev–Trinajstić information content (AvgIpc) is 2.61. The van der Waals surface area contributed by atoms with E-state index in [0.717, 1.165) is 6.07 Å². The van der Waals surface area contributed by atoms with Gasteiger partial charge in [0.05, 0.1) is 12.7 Å². The summed E-state index contributed by atoms with van der Waals surface area (Å²) in [5, 5.41) is 17.9. The highest BCUT2D eigenvalue weighted by Gasteiger charge is 2.18. The molecule has 26 heavy (non-hydrogen) atoms. The van der Waals surface area contributed by atoms with Gasteiger partial charge in [0.2, 0.25) is 0 Å². The second-order valence-electron chi connectivity index (χ2n) is 4.30. The third-order valence-corrected chi connectivity index (χ3v) is 2.68. The van der Waals surface area contributed by atoms with Gasteiger partial charge in [0, 0.05) is 0 Å². The van der Waals surface area contributed by atoms with Crippen LogP contribution >= 0.6 is 0 Å². The Morgan fingerprint density at radius 1 is 0.923 bits per heavy atom. The topological polar surface area (TPSA) is 167 Å². The van der Waals surface area contributed by atoms with Gasteiger partial charge < -0.3 is 23.9 Å². The van der Waals surface area contributed by atoms with Gasteiger partial charge in [-0.25, -0.2) is 9.59 Å². The first-order valence-corrected chi connectivity index (χ1v) is 6.92.